The highest BCUT2D eigenvalue weighted by atomic mass is 19.1. The van der Waals surface area contributed by atoms with Gasteiger partial charge in [-0.2, -0.15) is 0 Å². The number of aromatic nitrogens is 1. The van der Waals surface area contributed by atoms with Crippen molar-refractivity contribution in [2.75, 3.05) is 23.6 Å². The lowest BCUT2D eigenvalue weighted by Gasteiger charge is -2.39. The van der Waals surface area contributed by atoms with Crippen LogP contribution in [0.5, 0.6) is 5.88 Å². The first-order valence-electron chi connectivity index (χ1n) is 10.8. The average molecular weight is 444 g/mol. The summed E-state index contributed by atoms with van der Waals surface area (Å²) in [6, 6.07) is 15.9. The molecular weight excluding hydrogens is 417 g/mol. The number of hydrogen-bond acceptors (Lipinski definition) is 4. The molecule has 0 fully saturated rings. The summed E-state index contributed by atoms with van der Waals surface area (Å²) < 4.78 is 19.4. The molecule has 0 saturated heterocycles. The third-order valence-corrected chi connectivity index (χ3v) is 5.67. The van der Waals surface area contributed by atoms with E-state index < -0.39 is 0 Å². The Labute approximate surface area is 193 Å². The molecule has 0 unspecified atom stereocenters. The Kier molecular flexibility index (Phi) is 6.54. The van der Waals surface area contributed by atoms with E-state index in [1.807, 2.05) is 36.4 Å². The molecule has 6 heteroatoms. The quantitative estimate of drug-likeness (QED) is 0.411. The van der Waals surface area contributed by atoms with Gasteiger partial charge in [-0.1, -0.05) is 24.3 Å². The Morgan fingerprint density at radius 2 is 1.82 bits per heavy atom. The highest BCUT2D eigenvalue weighted by Gasteiger charge is 2.33. The topological polar surface area (TPSA) is 45.7 Å². The second-order valence-electron chi connectivity index (χ2n) is 7.73. The van der Waals surface area contributed by atoms with Gasteiger partial charge in [0.2, 0.25) is 5.88 Å². The van der Waals surface area contributed by atoms with E-state index in [4.69, 9.17) is 4.74 Å². The molecule has 1 aliphatic rings. The molecule has 1 aromatic heterocycles. The average Bonchev–Trinajstić information content (AvgIpc) is 2.84. The first-order valence-corrected chi connectivity index (χ1v) is 10.8. The molecule has 4 rings (SSSR count). The maximum absolute atomic E-state index is 14.1. The van der Waals surface area contributed by atoms with Crippen molar-refractivity contribution >= 4 is 23.0 Å². The molecule has 2 heterocycles. The normalized spacial score (nSPS) is 13.0. The number of pyridine rings is 1. The zero-order valence-electron chi connectivity index (χ0n) is 18.6. The molecule has 0 N–H and O–H groups in total. The smallest absolute Gasteiger partial charge is 0.261 e. The molecular formula is C27H26FN3O2. The van der Waals surface area contributed by atoms with Crippen molar-refractivity contribution in [1.29, 1.82) is 0 Å². The number of benzene rings is 2. The molecule has 33 heavy (non-hydrogen) atoms. The van der Waals surface area contributed by atoms with Crippen LogP contribution in [0.25, 0.3) is 0 Å². The lowest BCUT2D eigenvalue weighted by Crippen LogP contribution is -2.45. The number of halogens is 1. The molecule has 5 nitrogen and oxygen atoms in total. The Bertz CT molecular complexity index is 1210. The van der Waals surface area contributed by atoms with E-state index >= 15 is 0 Å². The monoisotopic (exact) mass is 443 g/mol. The highest BCUT2D eigenvalue weighted by Crippen LogP contribution is 2.38. The van der Waals surface area contributed by atoms with Crippen LogP contribution >= 0.6 is 0 Å². The summed E-state index contributed by atoms with van der Waals surface area (Å²) in [5.41, 5.74) is 4.46. The van der Waals surface area contributed by atoms with Gasteiger partial charge in [-0.3, -0.25) is 9.69 Å². The molecule has 0 aliphatic carbocycles. The number of ether oxygens (including phenoxy) is 1. The molecule has 0 radical (unpaired) electrons. The fourth-order valence-electron chi connectivity index (χ4n) is 4.10. The second kappa shape index (κ2) is 9.69. The van der Waals surface area contributed by atoms with Crippen molar-refractivity contribution in [2.24, 2.45) is 0 Å². The molecule has 0 bridgehead atoms. The molecule has 0 saturated carbocycles. The minimum Gasteiger partial charge on any atom is -0.481 e. The summed E-state index contributed by atoms with van der Waals surface area (Å²) in [7, 11) is 1.56. The summed E-state index contributed by atoms with van der Waals surface area (Å²) >= 11 is 0. The number of para-hydroxylation sites is 1. The summed E-state index contributed by atoms with van der Waals surface area (Å²) in [4.78, 5) is 21.9. The Morgan fingerprint density at radius 3 is 2.58 bits per heavy atom. The maximum atomic E-state index is 14.1. The summed E-state index contributed by atoms with van der Waals surface area (Å²) in [5.74, 6) is 0.0695. The van der Waals surface area contributed by atoms with Crippen molar-refractivity contribution < 1.29 is 13.9 Å². The van der Waals surface area contributed by atoms with Crippen LogP contribution in [-0.2, 0) is 12.8 Å². The molecule has 0 spiro atoms. The zero-order valence-corrected chi connectivity index (χ0v) is 18.6. The Hall–Kier alpha value is -3.93. The first-order chi connectivity index (χ1) is 16.1. The van der Waals surface area contributed by atoms with E-state index in [-0.39, 0.29) is 18.4 Å². The van der Waals surface area contributed by atoms with Gasteiger partial charge in [-0.15, -0.1) is 13.2 Å². The lowest BCUT2D eigenvalue weighted by atomic mass is 10.0. The largest absolute Gasteiger partial charge is 0.481 e. The van der Waals surface area contributed by atoms with Crippen molar-refractivity contribution in [3.05, 3.63) is 103 Å². The van der Waals surface area contributed by atoms with E-state index in [9.17, 15) is 9.18 Å². The Balaban J connectivity index is 1.85. The van der Waals surface area contributed by atoms with Gasteiger partial charge in [0.15, 0.2) is 0 Å². The summed E-state index contributed by atoms with van der Waals surface area (Å²) in [6.07, 6.45) is 5.42. The molecule has 2 aromatic carbocycles. The van der Waals surface area contributed by atoms with Crippen molar-refractivity contribution in [2.45, 2.75) is 19.3 Å². The minimum absolute atomic E-state index is 0.117. The van der Waals surface area contributed by atoms with Gasteiger partial charge in [-0.05, 0) is 54.8 Å². The Morgan fingerprint density at radius 1 is 1.03 bits per heavy atom. The van der Waals surface area contributed by atoms with Gasteiger partial charge in [0.1, 0.15) is 12.5 Å². The fourth-order valence-corrected chi connectivity index (χ4v) is 4.10. The number of anilines is 3. The maximum Gasteiger partial charge on any atom is 0.261 e. The second-order valence-corrected chi connectivity index (χ2v) is 7.73. The van der Waals surface area contributed by atoms with Gasteiger partial charge >= 0.3 is 0 Å². The molecule has 3 aromatic rings. The van der Waals surface area contributed by atoms with Crippen LogP contribution in [0, 0.1) is 5.82 Å². The van der Waals surface area contributed by atoms with Crippen LogP contribution in [-0.4, -0.2) is 24.7 Å². The zero-order chi connectivity index (χ0) is 23.4. The van der Waals surface area contributed by atoms with Crippen LogP contribution in [0.3, 0.4) is 0 Å². The van der Waals surface area contributed by atoms with Crippen LogP contribution in [0.4, 0.5) is 21.5 Å². The molecule has 1 aliphatic heterocycles. The van der Waals surface area contributed by atoms with Crippen LogP contribution in [0.2, 0.25) is 0 Å². The van der Waals surface area contributed by atoms with E-state index in [0.717, 1.165) is 23.4 Å². The van der Waals surface area contributed by atoms with Crippen LogP contribution in [0.15, 0.2) is 79.9 Å². The van der Waals surface area contributed by atoms with Gasteiger partial charge in [0.25, 0.3) is 5.91 Å². The van der Waals surface area contributed by atoms with E-state index in [1.165, 1.54) is 6.07 Å². The number of methoxy groups -OCH3 is 1. The van der Waals surface area contributed by atoms with Crippen molar-refractivity contribution in [1.82, 2.24) is 4.98 Å². The number of fused-ring (bicyclic) bond motifs is 1. The van der Waals surface area contributed by atoms with Crippen LogP contribution in [0.1, 0.15) is 28.0 Å². The third-order valence-electron chi connectivity index (χ3n) is 5.67. The highest BCUT2D eigenvalue weighted by molar-refractivity contribution is 6.12. The van der Waals surface area contributed by atoms with E-state index in [0.29, 0.717) is 35.7 Å². The van der Waals surface area contributed by atoms with E-state index in [2.05, 4.69) is 23.0 Å². The van der Waals surface area contributed by atoms with Gasteiger partial charge in [0, 0.05) is 18.2 Å². The molecule has 168 valence electrons. The summed E-state index contributed by atoms with van der Waals surface area (Å²) in [6.45, 7) is 7.88. The standard InChI is InChI=1S/C27H26FN3O2/c1-4-6-10-19-17-20(28)13-14-23(19)30-18-31(27(32)21-11-7-8-12-24(21)30)25-15-16-26(33-3)29-22(25)9-5-2/h4-5,7-8,11-17H,1-2,6,9-10,18H2,3H3. The number of aryl methyl sites for hydroxylation is 1. The summed E-state index contributed by atoms with van der Waals surface area (Å²) in [5, 5.41) is 0. The van der Waals surface area contributed by atoms with Crippen LogP contribution < -0.4 is 14.5 Å². The van der Waals surface area contributed by atoms with E-state index in [1.54, 1.807) is 36.3 Å². The van der Waals surface area contributed by atoms with Crippen molar-refractivity contribution in [3.63, 3.8) is 0 Å². The molecule has 1 amide bonds. The fraction of sp³-hybridized carbons (Fsp3) is 0.185. The third kappa shape index (κ3) is 4.37. The van der Waals surface area contributed by atoms with Gasteiger partial charge in [-0.25, -0.2) is 9.37 Å². The number of hydrogen-bond donors (Lipinski definition) is 0. The number of amides is 1. The van der Waals surface area contributed by atoms with Gasteiger partial charge in [0.05, 0.1) is 29.7 Å². The number of allylic oxidation sites excluding steroid dienone is 2. The predicted molar refractivity (Wildman–Crippen MR) is 130 cm³/mol. The number of rotatable bonds is 8. The number of carbonyl (C=O) groups is 1. The lowest BCUT2D eigenvalue weighted by molar-refractivity contribution is 0.0983. The SMILES string of the molecule is C=CCCc1cc(F)ccc1N1CN(c2ccc(OC)nc2CC=C)C(=O)c2ccccc21. The van der Waals surface area contributed by atoms with Gasteiger partial charge < -0.3 is 9.64 Å². The number of nitrogens with zero attached hydrogens (tertiary/aromatic N) is 3. The minimum atomic E-state index is -0.288. The predicted octanol–water partition coefficient (Wildman–Crippen LogP) is 5.83. The first kappa shape index (κ1) is 22.3. The number of carbonyl (C=O) groups excluding carboxylic acids is 1. The van der Waals surface area contributed by atoms with Crippen molar-refractivity contribution in [3.8, 4) is 5.88 Å². The molecule has 0 atom stereocenters.